The lowest BCUT2D eigenvalue weighted by Gasteiger charge is -2.36. The van der Waals surface area contributed by atoms with Gasteiger partial charge in [-0.25, -0.2) is 9.50 Å². The normalized spacial score (nSPS) is 21.6. The number of pyridine rings is 1. The van der Waals surface area contributed by atoms with E-state index in [1.165, 1.54) is 5.69 Å². The molecule has 0 spiro atoms. The maximum Gasteiger partial charge on any atom is 0.227 e. The maximum atomic E-state index is 13.0. The zero-order chi connectivity index (χ0) is 17.0. The number of aromatic nitrogens is 4. The van der Waals surface area contributed by atoms with E-state index in [0.717, 1.165) is 41.7 Å². The van der Waals surface area contributed by atoms with Crippen LogP contribution in [0.5, 0.6) is 0 Å². The Labute approximate surface area is 145 Å². The Morgan fingerprint density at radius 2 is 2.12 bits per heavy atom. The minimum atomic E-state index is 0.129. The molecule has 6 heteroatoms. The molecular weight excluding hydrogens is 314 g/mol. The van der Waals surface area contributed by atoms with Crippen molar-refractivity contribution in [2.45, 2.75) is 44.7 Å². The molecule has 0 N–H and O–H groups in total. The van der Waals surface area contributed by atoms with E-state index in [4.69, 9.17) is 0 Å². The molecule has 1 amide bonds. The molecule has 1 saturated heterocycles. The summed E-state index contributed by atoms with van der Waals surface area (Å²) in [6, 6.07) is 6.22. The average molecular weight is 333 g/mol. The van der Waals surface area contributed by atoms with Gasteiger partial charge in [-0.15, -0.1) is 0 Å². The Balaban J connectivity index is 1.51. The highest BCUT2D eigenvalue weighted by Crippen LogP contribution is 2.43. The van der Waals surface area contributed by atoms with Crippen molar-refractivity contribution in [3.8, 4) is 0 Å². The highest BCUT2D eigenvalue weighted by atomic mass is 16.2. The molecule has 3 aromatic heterocycles. The Kier molecular flexibility index (Phi) is 3.13. The third-order valence-corrected chi connectivity index (χ3v) is 5.42. The van der Waals surface area contributed by atoms with Crippen molar-refractivity contribution < 1.29 is 4.79 Å². The van der Waals surface area contributed by atoms with Gasteiger partial charge >= 0.3 is 0 Å². The molecule has 1 fully saturated rings. The largest absolute Gasteiger partial charge is 0.332 e. The molecule has 6 nitrogen and oxygen atoms in total. The van der Waals surface area contributed by atoms with Gasteiger partial charge in [0.05, 0.1) is 23.9 Å². The van der Waals surface area contributed by atoms with Crippen molar-refractivity contribution in [1.82, 2.24) is 24.5 Å². The first-order chi connectivity index (χ1) is 12.2. The minimum absolute atomic E-state index is 0.129. The van der Waals surface area contributed by atoms with E-state index in [1.54, 1.807) is 12.4 Å². The summed E-state index contributed by atoms with van der Waals surface area (Å²) in [5.41, 5.74) is 5.27. The van der Waals surface area contributed by atoms with Gasteiger partial charge in [-0.1, -0.05) is 0 Å². The van der Waals surface area contributed by atoms with Crippen molar-refractivity contribution in [3.63, 3.8) is 0 Å². The Morgan fingerprint density at radius 1 is 1.28 bits per heavy atom. The number of nitrogens with zero attached hydrogens (tertiary/aromatic N) is 5. The van der Waals surface area contributed by atoms with Crippen LogP contribution in [0.25, 0.3) is 5.65 Å². The molecule has 2 aliphatic heterocycles. The molecule has 2 aliphatic rings. The standard InChI is InChI=1S/C19H19N5O/c1-12-8-18-21-11-15-16-3-2-14(10-17(15)24(18)22-12)23(16)19(25)9-13-4-6-20-7-5-13/h4-8,11,14,16H,2-3,9-10H2,1H3/t14-,16-/m1/s1. The van der Waals surface area contributed by atoms with E-state index in [9.17, 15) is 4.79 Å². The van der Waals surface area contributed by atoms with E-state index in [-0.39, 0.29) is 18.0 Å². The van der Waals surface area contributed by atoms with E-state index >= 15 is 0 Å². The van der Waals surface area contributed by atoms with E-state index in [0.29, 0.717) is 6.42 Å². The Bertz CT molecular complexity index is 965. The van der Waals surface area contributed by atoms with Crippen molar-refractivity contribution in [3.05, 3.63) is 59.3 Å². The van der Waals surface area contributed by atoms with Gasteiger partial charge in [-0.2, -0.15) is 5.10 Å². The fourth-order valence-electron chi connectivity index (χ4n) is 4.35. The molecule has 25 heavy (non-hydrogen) atoms. The van der Waals surface area contributed by atoms with Crippen LogP contribution in [-0.2, 0) is 17.6 Å². The lowest BCUT2D eigenvalue weighted by atomic mass is 9.98. The molecule has 5 heterocycles. The van der Waals surface area contributed by atoms with Crippen LogP contribution in [0.2, 0.25) is 0 Å². The predicted molar refractivity (Wildman–Crippen MR) is 92.0 cm³/mol. The third-order valence-electron chi connectivity index (χ3n) is 5.42. The first-order valence-electron chi connectivity index (χ1n) is 8.75. The van der Waals surface area contributed by atoms with E-state index in [1.807, 2.05) is 35.8 Å². The topological polar surface area (TPSA) is 63.4 Å². The second kappa shape index (κ2) is 5.37. The van der Waals surface area contributed by atoms with Crippen LogP contribution in [-0.4, -0.2) is 36.4 Å². The molecule has 126 valence electrons. The monoisotopic (exact) mass is 333 g/mol. The van der Waals surface area contributed by atoms with Gasteiger partial charge in [-0.3, -0.25) is 9.78 Å². The third kappa shape index (κ3) is 2.24. The van der Waals surface area contributed by atoms with E-state index < -0.39 is 0 Å². The van der Waals surface area contributed by atoms with Crippen LogP contribution in [0, 0.1) is 6.92 Å². The number of fused-ring (bicyclic) bond motifs is 6. The fraction of sp³-hybridized carbons (Fsp3) is 0.368. The lowest BCUT2D eigenvalue weighted by Crippen LogP contribution is -2.43. The van der Waals surface area contributed by atoms with Gasteiger partial charge in [0.15, 0.2) is 5.65 Å². The number of carbonyl (C=O) groups excluding carboxylic acids is 1. The van der Waals surface area contributed by atoms with Crippen molar-refractivity contribution >= 4 is 11.6 Å². The summed E-state index contributed by atoms with van der Waals surface area (Å²) in [6.45, 7) is 1.99. The van der Waals surface area contributed by atoms with E-state index in [2.05, 4.69) is 20.0 Å². The van der Waals surface area contributed by atoms with Gasteiger partial charge in [0, 0.05) is 42.7 Å². The fourth-order valence-corrected chi connectivity index (χ4v) is 4.35. The molecule has 0 aliphatic carbocycles. The van der Waals surface area contributed by atoms with Crippen molar-refractivity contribution in [1.29, 1.82) is 0 Å². The summed E-state index contributed by atoms with van der Waals surface area (Å²) in [6.07, 6.45) is 8.77. The summed E-state index contributed by atoms with van der Waals surface area (Å²) in [4.78, 5) is 23.6. The van der Waals surface area contributed by atoms with Gasteiger partial charge in [0.2, 0.25) is 5.91 Å². The maximum absolute atomic E-state index is 13.0. The summed E-state index contributed by atoms with van der Waals surface area (Å²) >= 11 is 0. The van der Waals surface area contributed by atoms with Crippen molar-refractivity contribution in [2.24, 2.45) is 0 Å². The number of aryl methyl sites for hydroxylation is 1. The van der Waals surface area contributed by atoms with Crippen LogP contribution in [0.1, 0.15) is 41.4 Å². The number of carbonyl (C=O) groups is 1. The van der Waals surface area contributed by atoms with Crippen LogP contribution >= 0.6 is 0 Å². The zero-order valence-electron chi connectivity index (χ0n) is 14.1. The van der Waals surface area contributed by atoms with Crippen LogP contribution in [0.15, 0.2) is 36.8 Å². The number of rotatable bonds is 2. The SMILES string of the molecule is Cc1cc2ncc3c(n2n1)C[C@H]1CC[C@H]3N1C(=O)Cc1ccncc1. The van der Waals surface area contributed by atoms with Crippen molar-refractivity contribution in [2.75, 3.05) is 0 Å². The number of hydrogen-bond acceptors (Lipinski definition) is 4. The lowest BCUT2D eigenvalue weighted by molar-refractivity contribution is -0.134. The molecule has 0 unspecified atom stereocenters. The number of amides is 1. The van der Waals surface area contributed by atoms with Crippen LogP contribution < -0.4 is 0 Å². The minimum Gasteiger partial charge on any atom is -0.332 e. The summed E-state index contributed by atoms with van der Waals surface area (Å²) in [5.74, 6) is 0.195. The molecule has 3 aromatic rings. The summed E-state index contributed by atoms with van der Waals surface area (Å²) in [7, 11) is 0. The number of hydrogen-bond donors (Lipinski definition) is 0. The first-order valence-corrected chi connectivity index (χ1v) is 8.75. The highest BCUT2D eigenvalue weighted by Gasteiger charge is 2.43. The molecule has 2 bridgehead atoms. The second-order valence-corrected chi connectivity index (χ2v) is 7.00. The summed E-state index contributed by atoms with van der Waals surface area (Å²) < 4.78 is 1.97. The van der Waals surface area contributed by atoms with Crippen LogP contribution in [0.4, 0.5) is 0 Å². The average Bonchev–Trinajstić information content (AvgIpc) is 3.15. The molecule has 0 radical (unpaired) electrons. The van der Waals surface area contributed by atoms with Gasteiger partial charge in [-0.05, 0) is 37.5 Å². The molecule has 5 rings (SSSR count). The summed E-state index contributed by atoms with van der Waals surface area (Å²) in [5, 5.41) is 4.60. The predicted octanol–water partition coefficient (Wildman–Crippen LogP) is 2.26. The molecular formula is C19H19N5O. The molecule has 0 saturated carbocycles. The van der Waals surface area contributed by atoms with Gasteiger partial charge in [0.25, 0.3) is 0 Å². The second-order valence-electron chi connectivity index (χ2n) is 7.00. The Morgan fingerprint density at radius 3 is 2.96 bits per heavy atom. The molecule has 2 atom stereocenters. The zero-order valence-corrected chi connectivity index (χ0v) is 14.1. The van der Waals surface area contributed by atoms with Gasteiger partial charge in [0.1, 0.15) is 0 Å². The van der Waals surface area contributed by atoms with Gasteiger partial charge < -0.3 is 4.90 Å². The Hall–Kier alpha value is -2.76. The van der Waals surface area contributed by atoms with Crippen LogP contribution in [0.3, 0.4) is 0 Å². The molecule has 0 aromatic carbocycles. The first kappa shape index (κ1) is 14.6. The smallest absolute Gasteiger partial charge is 0.227 e. The quantitative estimate of drug-likeness (QED) is 0.722. The highest BCUT2D eigenvalue weighted by molar-refractivity contribution is 5.80.